The molecular weight excluding hydrogens is 222 g/mol. The van der Waals surface area contributed by atoms with Crippen LogP contribution in [0.4, 0.5) is 0 Å². The average Bonchev–Trinajstić information content (AvgIpc) is 2.97. The van der Waals surface area contributed by atoms with Crippen molar-refractivity contribution in [3.63, 3.8) is 0 Å². The maximum Gasteiger partial charge on any atom is 0.122 e. The number of imidazole rings is 1. The van der Waals surface area contributed by atoms with Crippen LogP contribution in [0.5, 0.6) is 0 Å². The van der Waals surface area contributed by atoms with E-state index in [1.165, 1.54) is 41.6 Å². The van der Waals surface area contributed by atoms with Crippen molar-refractivity contribution < 1.29 is 0 Å². The monoisotopic (exact) mass is 241 g/mol. The number of fused-ring (bicyclic) bond motifs is 1. The highest BCUT2D eigenvalue weighted by molar-refractivity contribution is 5.62. The molecule has 2 aromatic rings. The van der Waals surface area contributed by atoms with E-state index in [0.29, 0.717) is 0 Å². The van der Waals surface area contributed by atoms with Crippen LogP contribution in [0.2, 0.25) is 0 Å². The molecule has 1 N–H and O–H groups in total. The largest absolute Gasteiger partial charge is 0.330 e. The molecule has 94 valence electrons. The summed E-state index contributed by atoms with van der Waals surface area (Å²) in [5.74, 6) is 1.08. The average molecular weight is 241 g/mol. The normalized spacial score (nSPS) is 13.9. The van der Waals surface area contributed by atoms with E-state index in [0.717, 1.165) is 12.4 Å². The van der Waals surface area contributed by atoms with Gasteiger partial charge in [-0.15, -0.1) is 0 Å². The van der Waals surface area contributed by atoms with E-state index in [-0.39, 0.29) is 0 Å². The topological polar surface area (TPSA) is 29.9 Å². The summed E-state index contributed by atoms with van der Waals surface area (Å²) in [4.78, 5) is 4.48. The minimum absolute atomic E-state index is 0.807. The molecule has 1 aromatic heterocycles. The first kappa shape index (κ1) is 11.5. The number of hydrogen-bond acceptors (Lipinski definition) is 2. The molecule has 0 fully saturated rings. The predicted molar refractivity (Wildman–Crippen MR) is 73.4 cm³/mol. The molecule has 0 unspecified atom stereocenters. The van der Waals surface area contributed by atoms with Crippen LogP contribution < -0.4 is 5.32 Å². The SMILES string of the molecule is CNCc1ncc(-c2ccc3c(c2)CCC3)n1C. The molecule has 3 nitrogen and oxygen atoms in total. The fourth-order valence-corrected chi connectivity index (χ4v) is 2.77. The maximum absolute atomic E-state index is 4.48. The number of hydrogen-bond donors (Lipinski definition) is 1. The van der Waals surface area contributed by atoms with E-state index in [9.17, 15) is 0 Å². The molecule has 0 saturated heterocycles. The Morgan fingerprint density at radius 1 is 1.28 bits per heavy atom. The molecule has 3 rings (SSSR count). The highest BCUT2D eigenvalue weighted by Crippen LogP contribution is 2.28. The molecular formula is C15H19N3. The van der Waals surface area contributed by atoms with E-state index >= 15 is 0 Å². The Kier molecular flexibility index (Phi) is 2.92. The zero-order valence-corrected chi connectivity index (χ0v) is 11.0. The summed E-state index contributed by atoms with van der Waals surface area (Å²) in [6.07, 6.45) is 5.74. The molecule has 0 amide bonds. The second kappa shape index (κ2) is 4.58. The van der Waals surface area contributed by atoms with Crippen LogP contribution in [0, 0.1) is 0 Å². The molecule has 0 aliphatic heterocycles. The van der Waals surface area contributed by atoms with Crippen molar-refractivity contribution in [2.45, 2.75) is 25.8 Å². The van der Waals surface area contributed by atoms with Crippen LogP contribution in [0.1, 0.15) is 23.4 Å². The van der Waals surface area contributed by atoms with Crippen LogP contribution >= 0.6 is 0 Å². The van der Waals surface area contributed by atoms with E-state index in [1.807, 2.05) is 13.2 Å². The molecule has 0 spiro atoms. The lowest BCUT2D eigenvalue weighted by molar-refractivity contribution is 0.712. The van der Waals surface area contributed by atoms with Crippen LogP contribution in [0.25, 0.3) is 11.3 Å². The van der Waals surface area contributed by atoms with Gasteiger partial charge < -0.3 is 9.88 Å². The highest BCUT2D eigenvalue weighted by Gasteiger charge is 2.13. The Morgan fingerprint density at radius 3 is 2.94 bits per heavy atom. The summed E-state index contributed by atoms with van der Waals surface area (Å²) in [5.41, 5.74) is 5.53. The first-order chi connectivity index (χ1) is 8.79. The van der Waals surface area contributed by atoms with Crippen LogP contribution in [0.15, 0.2) is 24.4 Å². The first-order valence-corrected chi connectivity index (χ1v) is 6.57. The fourth-order valence-electron chi connectivity index (χ4n) is 2.77. The van der Waals surface area contributed by atoms with Crippen LogP contribution in [0.3, 0.4) is 0 Å². The van der Waals surface area contributed by atoms with Gasteiger partial charge in [-0.2, -0.15) is 0 Å². The predicted octanol–water partition coefficient (Wildman–Crippen LogP) is 2.30. The Morgan fingerprint density at radius 2 is 2.11 bits per heavy atom. The summed E-state index contributed by atoms with van der Waals surface area (Å²) in [6.45, 7) is 0.807. The summed E-state index contributed by atoms with van der Waals surface area (Å²) < 4.78 is 2.17. The van der Waals surface area contributed by atoms with Crippen molar-refractivity contribution in [2.75, 3.05) is 7.05 Å². The second-order valence-electron chi connectivity index (χ2n) is 4.99. The minimum Gasteiger partial charge on any atom is -0.330 e. The number of nitrogens with zero attached hydrogens (tertiary/aromatic N) is 2. The van der Waals surface area contributed by atoms with Crippen molar-refractivity contribution in [1.82, 2.24) is 14.9 Å². The van der Waals surface area contributed by atoms with Gasteiger partial charge in [-0.3, -0.25) is 0 Å². The minimum atomic E-state index is 0.807. The molecule has 0 saturated carbocycles. The standard InChI is InChI=1S/C15H19N3/c1-16-10-15-17-9-14(18(15)2)13-7-6-11-4-3-5-12(11)8-13/h6-9,16H,3-5,10H2,1-2H3. The number of nitrogens with one attached hydrogen (secondary N) is 1. The molecule has 1 aliphatic rings. The summed E-state index contributed by atoms with van der Waals surface area (Å²) in [5, 5.41) is 3.15. The lowest BCUT2D eigenvalue weighted by Gasteiger charge is -2.07. The molecule has 18 heavy (non-hydrogen) atoms. The Bertz CT molecular complexity index is 569. The Hall–Kier alpha value is -1.61. The van der Waals surface area contributed by atoms with Gasteiger partial charge in [-0.25, -0.2) is 4.98 Å². The van der Waals surface area contributed by atoms with Gasteiger partial charge in [0.2, 0.25) is 0 Å². The van der Waals surface area contributed by atoms with Crippen molar-refractivity contribution >= 4 is 0 Å². The van der Waals surface area contributed by atoms with E-state index < -0.39 is 0 Å². The summed E-state index contributed by atoms with van der Waals surface area (Å²) >= 11 is 0. The van der Waals surface area contributed by atoms with Crippen molar-refractivity contribution in [3.8, 4) is 11.3 Å². The van der Waals surface area contributed by atoms with Gasteiger partial charge in [0, 0.05) is 12.6 Å². The molecule has 1 heterocycles. The van der Waals surface area contributed by atoms with Gasteiger partial charge >= 0.3 is 0 Å². The zero-order chi connectivity index (χ0) is 12.5. The quantitative estimate of drug-likeness (QED) is 0.893. The zero-order valence-electron chi connectivity index (χ0n) is 11.0. The van der Waals surface area contributed by atoms with Gasteiger partial charge in [-0.1, -0.05) is 12.1 Å². The smallest absolute Gasteiger partial charge is 0.122 e. The van der Waals surface area contributed by atoms with Crippen LogP contribution in [-0.4, -0.2) is 16.6 Å². The lowest BCUT2D eigenvalue weighted by Crippen LogP contribution is -2.10. The molecule has 0 atom stereocenters. The van der Waals surface area contributed by atoms with Gasteiger partial charge in [0.25, 0.3) is 0 Å². The van der Waals surface area contributed by atoms with E-state index in [4.69, 9.17) is 0 Å². The van der Waals surface area contributed by atoms with E-state index in [1.54, 1.807) is 0 Å². The third kappa shape index (κ3) is 1.85. The van der Waals surface area contributed by atoms with Gasteiger partial charge in [0.05, 0.1) is 18.4 Å². The van der Waals surface area contributed by atoms with Gasteiger partial charge in [-0.05, 0) is 43.5 Å². The number of rotatable bonds is 3. The molecule has 3 heteroatoms. The van der Waals surface area contributed by atoms with Crippen LogP contribution in [-0.2, 0) is 26.4 Å². The first-order valence-electron chi connectivity index (χ1n) is 6.57. The summed E-state index contributed by atoms with van der Waals surface area (Å²) in [6, 6.07) is 6.84. The number of aromatic nitrogens is 2. The van der Waals surface area contributed by atoms with Gasteiger partial charge in [0.15, 0.2) is 0 Å². The molecule has 0 radical (unpaired) electrons. The highest BCUT2D eigenvalue weighted by atomic mass is 15.1. The maximum atomic E-state index is 4.48. The third-order valence-corrected chi connectivity index (χ3v) is 3.81. The fraction of sp³-hybridized carbons (Fsp3) is 0.400. The molecule has 1 aromatic carbocycles. The lowest BCUT2D eigenvalue weighted by atomic mass is 10.0. The molecule has 0 bridgehead atoms. The number of benzene rings is 1. The van der Waals surface area contributed by atoms with E-state index in [2.05, 4.69) is 40.1 Å². The third-order valence-electron chi connectivity index (χ3n) is 3.81. The summed E-state index contributed by atoms with van der Waals surface area (Å²) in [7, 11) is 4.03. The Balaban J connectivity index is 1.99. The van der Waals surface area contributed by atoms with Crippen molar-refractivity contribution in [1.29, 1.82) is 0 Å². The van der Waals surface area contributed by atoms with Crippen molar-refractivity contribution in [3.05, 3.63) is 41.3 Å². The molecule has 1 aliphatic carbocycles. The second-order valence-corrected chi connectivity index (χ2v) is 4.99. The Labute approximate surface area is 108 Å². The van der Waals surface area contributed by atoms with Gasteiger partial charge in [0.1, 0.15) is 5.82 Å². The van der Waals surface area contributed by atoms with Crippen molar-refractivity contribution in [2.24, 2.45) is 7.05 Å². The number of aryl methyl sites for hydroxylation is 2.